The van der Waals surface area contributed by atoms with Gasteiger partial charge in [0.1, 0.15) is 5.82 Å². The standard InChI is InChI=1S/C18H22FN3O3/c1-12(23)20-11-13-6-8-21(9-7-13)16-10-17(24)22(18(16)25)15-4-2-14(19)3-5-15/h2-5,13,16H,6-11H2,1H3,(H,20,23)/t16-/m0/s1. The smallest absolute Gasteiger partial charge is 0.251 e. The van der Waals surface area contributed by atoms with Crippen LogP contribution in [-0.2, 0) is 14.4 Å². The van der Waals surface area contributed by atoms with Gasteiger partial charge in [0.05, 0.1) is 18.2 Å². The molecule has 6 nitrogen and oxygen atoms in total. The van der Waals surface area contributed by atoms with Crippen LogP contribution in [0.1, 0.15) is 26.2 Å². The molecule has 0 spiro atoms. The molecular formula is C18H22FN3O3. The van der Waals surface area contributed by atoms with E-state index < -0.39 is 11.9 Å². The number of hydrogen-bond donors (Lipinski definition) is 1. The van der Waals surface area contributed by atoms with Crippen LogP contribution in [-0.4, -0.2) is 48.3 Å². The van der Waals surface area contributed by atoms with Crippen LogP contribution in [0.25, 0.3) is 0 Å². The van der Waals surface area contributed by atoms with E-state index >= 15 is 0 Å². The fraction of sp³-hybridized carbons (Fsp3) is 0.500. The Labute approximate surface area is 146 Å². The van der Waals surface area contributed by atoms with E-state index in [0.29, 0.717) is 18.2 Å². The van der Waals surface area contributed by atoms with Crippen molar-refractivity contribution in [3.05, 3.63) is 30.1 Å². The SMILES string of the molecule is CC(=O)NCC1CCN([C@H]2CC(=O)N(c3ccc(F)cc3)C2=O)CC1. The van der Waals surface area contributed by atoms with Crippen LogP contribution in [0, 0.1) is 11.7 Å². The van der Waals surface area contributed by atoms with Crippen LogP contribution in [0.15, 0.2) is 24.3 Å². The summed E-state index contributed by atoms with van der Waals surface area (Å²) in [7, 11) is 0. The second-order valence-electron chi connectivity index (χ2n) is 6.68. The second kappa shape index (κ2) is 7.31. The van der Waals surface area contributed by atoms with Gasteiger partial charge in [0.2, 0.25) is 11.8 Å². The van der Waals surface area contributed by atoms with E-state index in [2.05, 4.69) is 5.32 Å². The number of halogens is 1. The number of hydrogen-bond acceptors (Lipinski definition) is 4. The van der Waals surface area contributed by atoms with Gasteiger partial charge in [-0.1, -0.05) is 0 Å². The third kappa shape index (κ3) is 3.87. The topological polar surface area (TPSA) is 69.7 Å². The molecule has 25 heavy (non-hydrogen) atoms. The van der Waals surface area contributed by atoms with E-state index in [1.54, 1.807) is 0 Å². The number of anilines is 1. The zero-order valence-corrected chi connectivity index (χ0v) is 14.2. The van der Waals surface area contributed by atoms with Crippen molar-refractivity contribution in [2.24, 2.45) is 5.92 Å². The summed E-state index contributed by atoms with van der Waals surface area (Å²) in [5.41, 5.74) is 0.416. The molecular weight excluding hydrogens is 325 g/mol. The first-order valence-corrected chi connectivity index (χ1v) is 8.56. The number of nitrogens with zero attached hydrogens (tertiary/aromatic N) is 2. The van der Waals surface area contributed by atoms with E-state index in [1.165, 1.54) is 31.2 Å². The number of amides is 3. The zero-order valence-electron chi connectivity index (χ0n) is 14.2. The molecule has 0 aliphatic carbocycles. The van der Waals surface area contributed by atoms with Crippen LogP contribution in [0.4, 0.5) is 10.1 Å². The second-order valence-corrected chi connectivity index (χ2v) is 6.68. The summed E-state index contributed by atoms with van der Waals surface area (Å²) >= 11 is 0. The van der Waals surface area contributed by atoms with E-state index in [-0.39, 0.29) is 24.1 Å². The van der Waals surface area contributed by atoms with Crippen LogP contribution in [0.3, 0.4) is 0 Å². The maximum absolute atomic E-state index is 13.1. The number of benzene rings is 1. The Balaban J connectivity index is 1.61. The molecule has 1 N–H and O–H groups in total. The summed E-state index contributed by atoms with van der Waals surface area (Å²) in [6.45, 7) is 3.61. The fourth-order valence-electron chi connectivity index (χ4n) is 3.52. The largest absolute Gasteiger partial charge is 0.356 e. The van der Waals surface area contributed by atoms with Crippen LogP contribution >= 0.6 is 0 Å². The highest BCUT2D eigenvalue weighted by Crippen LogP contribution is 2.28. The summed E-state index contributed by atoms with van der Waals surface area (Å²) in [6.07, 6.45) is 1.93. The van der Waals surface area contributed by atoms with Crippen molar-refractivity contribution in [3.8, 4) is 0 Å². The Morgan fingerprint density at radius 2 is 1.84 bits per heavy atom. The van der Waals surface area contributed by atoms with Crippen molar-refractivity contribution in [2.45, 2.75) is 32.2 Å². The Morgan fingerprint density at radius 1 is 1.20 bits per heavy atom. The lowest BCUT2D eigenvalue weighted by Crippen LogP contribution is -2.47. The van der Waals surface area contributed by atoms with Crippen molar-refractivity contribution in [1.82, 2.24) is 10.2 Å². The van der Waals surface area contributed by atoms with Gasteiger partial charge in [0.25, 0.3) is 5.91 Å². The molecule has 0 unspecified atom stereocenters. The van der Waals surface area contributed by atoms with E-state index in [0.717, 1.165) is 30.8 Å². The van der Waals surface area contributed by atoms with Crippen molar-refractivity contribution in [2.75, 3.05) is 24.5 Å². The molecule has 3 rings (SSSR count). The summed E-state index contributed by atoms with van der Waals surface area (Å²) in [6, 6.07) is 4.95. The van der Waals surface area contributed by atoms with Crippen molar-refractivity contribution < 1.29 is 18.8 Å². The van der Waals surface area contributed by atoms with Gasteiger partial charge in [-0.15, -0.1) is 0 Å². The lowest BCUT2D eigenvalue weighted by atomic mass is 9.95. The molecule has 7 heteroatoms. The normalized spacial score (nSPS) is 22.5. The minimum atomic E-state index is -0.445. The zero-order chi connectivity index (χ0) is 18.0. The predicted octanol–water partition coefficient (Wildman–Crippen LogP) is 1.31. The third-order valence-corrected chi connectivity index (χ3v) is 4.94. The van der Waals surface area contributed by atoms with Crippen LogP contribution in [0.2, 0.25) is 0 Å². The highest BCUT2D eigenvalue weighted by molar-refractivity contribution is 6.22. The monoisotopic (exact) mass is 347 g/mol. The first-order chi connectivity index (χ1) is 12.0. The molecule has 3 amide bonds. The predicted molar refractivity (Wildman–Crippen MR) is 90.3 cm³/mol. The molecule has 0 bridgehead atoms. The molecule has 1 aromatic carbocycles. The minimum Gasteiger partial charge on any atom is -0.356 e. The number of carbonyl (C=O) groups excluding carboxylic acids is 3. The van der Waals surface area contributed by atoms with Crippen LogP contribution < -0.4 is 10.2 Å². The van der Waals surface area contributed by atoms with Gasteiger partial charge in [-0.3, -0.25) is 19.3 Å². The number of imide groups is 1. The molecule has 134 valence electrons. The van der Waals surface area contributed by atoms with Crippen LogP contribution in [0.5, 0.6) is 0 Å². The Hall–Kier alpha value is -2.28. The summed E-state index contributed by atoms with van der Waals surface area (Å²) < 4.78 is 13.1. The molecule has 2 aliphatic rings. The van der Waals surface area contributed by atoms with E-state index in [9.17, 15) is 18.8 Å². The quantitative estimate of drug-likeness (QED) is 0.834. The molecule has 2 saturated heterocycles. The number of piperidine rings is 1. The Bertz CT molecular complexity index is 669. The molecule has 0 aromatic heterocycles. The first-order valence-electron chi connectivity index (χ1n) is 8.56. The molecule has 2 fully saturated rings. The van der Waals surface area contributed by atoms with Crippen molar-refractivity contribution in [1.29, 1.82) is 0 Å². The number of carbonyl (C=O) groups is 3. The molecule has 0 radical (unpaired) electrons. The minimum absolute atomic E-state index is 0.0334. The summed E-state index contributed by atoms with van der Waals surface area (Å²) in [4.78, 5) is 39.2. The van der Waals surface area contributed by atoms with E-state index in [1.807, 2.05) is 4.90 Å². The first kappa shape index (κ1) is 17.5. The lowest BCUT2D eigenvalue weighted by Gasteiger charge is -2.34. The molecule has 2 heterocycles. The van der Waals surface area contributed by atoms with Gasteiger partial charge >= 0.3 is 0 Å². The summed E-state index contributed by atoms with van der Waals surface area (Å²) in [5, 5.41) is 2.83. The van der Waals surface area contributed by atoms with Gasteiger partial charge in [-0.05, 0) is 56.1 Å². The van der Waals surface area contributed by atoms with Gasteiger partial charge < -0.3 is 5.32 Å². The van der Waals surface area contributed by atoms with Gasteiger partial charge in [-0.2, -0.15) is 0 Å². The molecule has 2 aliphatic heterocycles. The Morgan fingerprint density at radius 3 is 2.44 bits per heavy atom. The molecule has 1 aromatic rings. The Kier molecular flexibility index (Phi) is 5.13. The molecule has 1 atom stereocenters. The van der Waals surface area contributed by atoms with Gasteiger partial charge in [0.15, 0.2) is 0 Å². The number of rotatable bonds is 4. The summed E-state index contributed by atoms with van der Waals surface area (Å²) in [5.74, 6) is -0.519. The highest BCUT2D eigenvalue weighted by Gasteiger charge is 2.43. The van der Waals surface area contributed by atoms with Gasteiger partial charge in [0, 0.05) is 13.5 Å². The van der Waals surface area contributed by atoms with Gasteiger partial charge in [-0.25, -0.2) is 9.29 Å². The number of nitrogens with one attached hydrogen (secondary N) is 1. The molecule has 0 saturated carbocycles. The lowest BCUT2D eigenvalue weighted by molar-refractivity contribution is -0.123. The average molecular weight is 347 g/mol. The highest BCUT2D eigenvalue weighted by atomic mass is 19.1. The third-order valence-electron chi connectivity index (χ3n) is 4.94. The average Bonchev–Trinajstić information content (AvgIpc) is 2.89. The van der Waals surface area contributed by atoms with E-state index in [4.69, 9.17) is 0 Å². The maximum Gasteiger partial charge on any atom is 0.251 e. The van der Waals surface area contributed by atoms with Crippen molar-refractivity contribution in [3.63, 3.8) is 0 Å². The van der Waals surface area contributed by atoms with Crippen molar-refractivity contribution >= 4 is 23.4 Å². The fourth-order valence-corrected chi connectivity index (χ4v) is 3.52. The number of likely N-dealkylation sites (tertiary alicyclic amines) is 1. The maximum atomic E-state index is 13.1.